The van der Waals surface area contributed by atoms with Gasteiger partial charge in [0.15, 0.2) is 11.5 Å². The number of aryl methyl sites for hydroxylation is 2. The lowest BCUT2D eigenvalue weighted by molar-refractivity contribution is -0.140. The first kappa shape index (κ1) is 20.3. The molecule has 4 nitrogen and oxygen atoms in total. The maximum Gasteiger partial charge on any atom is 0.293 e. The average Bonchev–Trinajstić information content (AvgIpc) is 2.42. The van der Waals surface area contributed by atoms with Crippen molar-refractivity contribution in [2.75, 3.05) is 0 Å². The summed E-state index contributed by atoms with van der Waals surface area (Å²) in [5.74, 6) is -0.0923. The molecule has 0 spiro atoms. The van der Waals surface area contributed by atoms with E-state index in [2.05, 4.69) is 20.8 Å². The van der Waals surface area contributed by atoms with Crippen molar-refractivity contribution in [3.8, 4) is 11.5 Å². The Kier molecular flexibility index (Phi) is 7.12. The lowest BCUT2D eigenvalue weighted by atomic mass is 9.88. The number of aromatic hydroxyl groups is 2. The molecule has 136 valence electrons. The highest BCUT2D eigenvalue weighted by Gasteiger charge is 2.19. The zero-order chi connectivity index (χ0) is 18.4. The van der Waals surface area contributed by atoms with E-state index in [-0.39, 0.29) is 11.5 Å². The molecule has 0 atom stereocenters. The smallest absolute Gasteiger partial charge is 0.293 e. The Morgan fingerprint density at radius 2 is 1.62 bits per heavy atom. The molecule has 0 unspecified atom stereocenters. The molecule has 2 N–H and O–H groups in total. The zero-order valence-corrected chi connectivity index (χ0v) is 15.7. The van der Waals surface area contributed by atoms with Crippen molar-refractivity contribution >= 4 is 6.47 Å². The molecule has 0 bridgehead atoms. The summed E-state index contributed by atoms with van der Waals surface area (Å²) in [6.07, 6.45) is 5.14. The van der Waals surface area contributed by atoms with Gasteiger partial charge in [-0.2, -0.15) is 0 Å². The summed E-state index contributed by atoms with van der Waals surface area (Å²) in [6.45, 7) is 10.9. The first-order valence-corrected chi connectivity index (χ1v) is 8.69. The van der Waals surface area contributed by atoms with Crippen LogP contribution in [0.15, 0.2) is 12.1 Å². The Morgan fingerprint density at radius 3 is 2.21 bits per heavy atom. The molecule has 0 amide bonds. The van der Waals surface area contributed by atoms with Crippen molar-refractivity contribution in [1.82, 2.24) is 0 Å². The van der Waals surface area contributed by atoms with Crippen LogP contribution < -0.4 is 0 Å². The summed E-state index contributed by atoms with van der Waals surface area (Å²) < 4.78 is 5.04. The van der Waals surface area contributed by atoms with E-state index in [1.165, 1.54) is 0 Å². The van der Waals surface area contributed by atoms with Gasteiger partial charge in [-0.25, -0.2) is 0 Å². The standard InChI is InChI=1S/C20H32O4/c1-19(2,3)10-6-8-15-12-16(18(23)17(22)13-15)9-7-11-20(4,5)24-14-21/h12-14,22-23H,6-11H2,1-5H3. The molecular weight excluding hydrogens is 304 g/mol. The van der Waals surface area contributed by atoms with Crippen molar-refractivity contribution in [3.05, 3.63) is 23.3 Å². The van der Waals surface area contributed by atoms with E-state index in [0.29, 0.717) is 24.7 Å². The second kappa shape index (κ2) is 8.41. The Bertz CT molecular complexity index is 541. The van der Waals surface area contributed by atoms with E-state index < -0.39 is 5.60 Å². The minimum atomic E-state index is -0.510. The summed E-state index contributed by atoms with van der Waals surface area (Å²) in [7, 11) is 0. The van der Waals surface area contributed by atoms with Crippen LogP contribution in [-0.4, -0.2) is 22.3 Å². The molecular formula is C20H32O4. The minimum Gasteiger partial charge on any atom is -0.504 e. The minimum absolute atomic E-state index is 0.0383. The van der Waals surface area contributed by atoms with Gasteiger partial charge in [-0.3, -0.25) is 4.79 Å². The molecule has 1 aromatic rings. The Balaban J connectivity index is 2.68. The van der Waals surface area contributed by atoms with Gasteiger partial charge in [-0.1, -0.05) is 26.8 Å². The van der Waals surface area contributed by atoms with Crippen molar-refractivity contribution in [1.29, 1.82) is 0 Å². The third-order valence-electron chi connectivity index (χ3n) is 4.21. The van der Waals surface area contributed by atoms with Gasteiger partial charge in [-0.15, -0.1) is 0 Å². The number of phenolic OH excluding ortho intramolecular Hbond substituents is 2. The van der Waals surface area contributed by atoms with Gasteiger partial charge in [0, 0.05) is 0 Å². The van der Waals surface area contributed by atoms with Gasteiger partial charge in [0.05, 0.1) is 0 Å². The lowest BCUT2D eigenvalue weighted by Crippen LogP contribution is -2.23. The summed E-state index contributed by atoms with van der Waals surface area (Å²) >= 11 is 0. The number of phenols is 2. The van der Waals surface area contributed by atoms with Crippen LogP contribution in [0.5, 0.6) is 11.5 Å². The zero-order valence-electron chi connectivity index (χ0n) is 15.7. The molecule has 0 aromatic heterocycles. The second-order valence-electron chi connectivity index (χ2n) is 8.36. The lowest BCUT2D eigenvalue weighted by Gasteiger charge is -2.22. The van der Waals surface area contributed by atoms with E-state index in [1.807, 2.05) is 19.9 Å². The molecule has 0 saturated carbocycles. The molecule has 4 heteroatoms. The van der Waals surface area contributed by atoms with Crippen molar-refractivity contribution < 1.29 is 19.7 Å². The fourth-order valence-electron chi connectivity index (χ4n) is 2.79. The number of rotatable bonds is 9. The molecule has 24 heavy (non-hydrogen) atoms. The summed E-state index contributed by atoms with van der Waals surface area (Å²) in [4.78, 5) is 10.5. The average molecular weight is 336 g/mol. The Labute approximate surface area is 145 Å². The topological polar surface area (TPSA) is 66.8 Å². The number of hydrogen-bond donors (Lipinski definition) is 2. The molecule has 0 heterocycles. The van der Waals surface area contributed by atoms with E-state index in [0.717, 1.165) is 36.8 Å². The van der Waals surface area contributed by atoms with Gasteiger partial charge in [0.2, 0.25) is 0 Å². The highest BCUT2D eigenvalue weighted by Crippen LogP contribution is 2.33. The quantitative estimate of drug-likeness (QED) is 0.505. The molecule has 0 fully saturated rings. The molecule has 0 aliphatic rings. The van der Waals surface area contributed by atoms with Crippen molar-refractivity contribution in [2.45, 2.75) is 78.7 Å². The fourth-order valence-corrected chi connectivity index (χ4v) is 2.79. The maximum atomic E-state index is 10.5. The molecule has 0 saturated heterocycles. The molecule has 0 aliphatic carbocycles. The third kappa shape index (κ3) is 7.24. The van der Waals surface area contributed by atoms with Crippen LogP contribution in [0.4, 0.5) is 0 Å². The number of ether oxygens (including phenoxy) is 1. The van der Waals surface area contributed by atoms with Gasteiger partial charge in [-0.05, 0) is 75.0 Å². The van der Waals surface area contributed by atoms with Crippen LogP contribution in [-0.2, 0) is 22.4 Å². The third-order valence-corrected chi connectivity index (χ3v) is 4.21. The van der Waals surface area contributed by atoms with E-state index in [4.69, 9.17) is 4.74 Å². The highest BCUT2D eigenvalue weighted by molar-refractivity contribution is 5.47. The molecule has 0 radical (unpaired) electrons. The largest absolute Gasteiger partial charge is 0.504 e. The van der Waals surface area contributed by atoms with Crippen molar-refractivity contribution in [2.24, 2.45) is 5.41 Å². The summed E-state index contributed by atoms with van der Waals surface area (Å²) in [6, 6.07) is 3.63. The fraction of sp³-hybridized carbons (Fsp3) is 0.650. The summed E-state index contributed by atoms with van der Waals surface area (Å²) in [5.41, 5.74) is 1.59. The van der Waals surface area contributed by atoms with Crippen molar-refractivity contribution in [3.63, 3.8) is 0 Å². The van der Waals surface area contributed by atoms with E-state index in [9.17, 15) is 15.0 Å². The van der Waals surface area contributed by atoms with Crippen LogP contribution in [0.25, 0.3) is 0 Å². The number of benzene rings is 1. The predicted molar refractivity (Wildman–Crippen MR) is 96.3 cm³/mol. The van der Waals surface area contributed by atoms with Gasteiger partial charge in [0.25, 0.3) is 6.47 Å². The Morgan fingerprint density at radius 1 is 1.00 bits per heavy atom. The maximum absolute atomic E-state index is 10.5. The van der Waals surface area contributed by atoms with Crippen LogP contribution >= 0.6 is 0 Å². The van der Waals surface area contributed by atoms with E-state index in [1.54, 1.807) is 6.07 Å². The number of carbonyl (C=O) groups excluding carboxylic acids is 1. The number of hydrogen-bond acceptors (Lipinski definition) is 4. The van der Waals surface area contributed by atoms with Crippen LogP contribution in [0.1, 0.15) is 71.4 Å². The van der Waals surface area contributed by atoms with Crippen LogP contribution in [0.3, 0.4) is 0 Å². The molecule has 1 rings (SSSR count). The first-order valence-electron chi connectivity index (χ1n) is 8.69. The van der Waals surface area contributed by atoms with Gasteiger partial charge in [0.1, 0.15) is 5.60 Å². The summed E-state index contributed by atoms with van der Waals surface area (Å²) in [5, 5.41) is 20.0. The van der Waals surface area contributed by atoms with Gasteiger partial charge < -0.3 is 14.9 Å². The number of carbonyl (C=O) groups is 1. The molecule has 0 aliphatic heterocycles. The predicted octanol–water partition coefficient (Wildman–Crippen LogP) is 4.74. The molecule has 1 aromatic carbocycles. The second-order valence-corrected chi connectivity index (χ2v) is 8.36. The highest BCUT2D eigenvalue weighted by atomic mass is 16.5. The Hall–Kier alpha value is -1.71. The van der Waals surface area contributed by atoms with E-state index >= 15 is 0 Å². The van der Waals surface area contributed by atoms with Crippen LogP contribution in [0, 0.1) is 5.41 Å². The van der Waals surface area contributed by atoms with Crippen LogP contribution in [0.2, 0.25) is 0 Å². The SMILES string of the molecule is CC(C)(C)CCCc1cc(O)c(O)c(CCCC(C)(C)OC=O)c1. The monoisotopic (exact) mass is 336 g/mol. The first-order chi connectivity index (χ1) is 11.0. The van der Waals surface area contributed by atoms with Gasteiger partial charge >= 0.3 is 0 Å². The normalized spacial score (nSPS) is 12.2.